The molecule has 0 saturated heterocycles. The first-order valence-electron chi connectivity index (χ1n) is 5.66. The summed E-state index contributed by atoms with van der Waals surface area (Å²) in [5.74, 6) is 0. The maximum Gasteiger partial charge on any atom is 0.175 e. The summed E-state index contributed by atoms with van der Waals surface area (Å²) < 4.78 is 0. The van der Waals surface area contributed by atoms with Crippen LogP contribution in [-0.2, 0) is 0 Å². The van der Waals surface area contributed by atoms with E-state index in [1.54, 1.807) is 0 Å². The van der Waals surface area contributed by atoms with Gasteiger partial charge in [0.25, 0.3) is 0 Å². The van der Waals surface area contributed by atoms with Crippen molar-refractivity contribution >= 4 is 39.7 Å². The molecule has 6 heteroatoms. The molecule has 3 aromatic rings. The predicted octanol–water partition coefficient (Wildman–Crippen LogP) is 2.57. The number of aromatic nitrogens is 3. The first-order chi connectivity index (χ1) is 9.31. The van der Waals surface area contributed by atoms with Crippen molar-refractivity contribution in [2.24, 2.45) is 0 Å². The fourth-order valence-electron chi connectivity index (χ4n) is 1.68. The second-order valence-electron chi connectivity index (χ2n) is 3.91. The van der Waals surface area contributed by atoms with E-state index in [0.717, 1.165) is 22.4 Å². The van der Waals surface area contributed by atoms with Gasteiger partial charge in [0.05, 0.1) is 5.52 Å². The number of rotatable bonds is 2. The molecular formula is C13H10N5S. The normalized spacial score (nSPS) is 10.3. The Labute approximate surface area is 115 Å². The van der Waals surface area contributed by atoms with E-state index in [1.165, 1.54) is 0 Å². The average Bonchev–Trinajstić information content (AvgIpc) is 2.87. The topological polar surface area (TPSA) is 65.6 Å². The fourth-order valence-corrected chi connectivity index (χ4v) is 1.92. The Morgan fingerprint density at radius 3 is 2.74 bits per heavy atom. The number of nitrogens with zero attached hydrogens (tertiary/aromatic N) is 2. The number of fused-ring (bicyclic) bond motifs is 1. The lowest BCUT2D eigenvalue weighted by Gasteiger charge is -2.10. The molecule has 0 aliphatic rings. The van der Waals surface area contributed by atoms with Gasteiger partial charge in [-0.15, -0.1) is 5.10 Å². The van der Waals surface area contributed by atoms with Crippen LogP contribution >= 0.6 is 12.2 Å². The van der Waals surface area contributed by atoms with E-state index in [1.807, 2.05) is 42.5 Å². The third kappa shape index (κ3) is 2.69. The van der Waals surface area contributed by atoms with E-state index >= 15 is 0 Å². The van der Waals surface area contributed by atoms with Crippen LogP contribution in [0.1, 0.15) is 0 Å². The lowest BCUT2D eigenvalue weighted by atomic mass is 10.3. The van der Waals surface area contributed by atoms with Gasteiger partial charge in [0.2, 0.25) is 0 Å². The van der Waals surface area contributed by atoms with Crippen LogP contribution in [0.4, 0.5) is 11.4 Å². The molecule has 0 aliphatic heterocycles. The van der Waals surface area contributed by atoms with Crippen molar-refractivity contribution in [2.45, 2.75) is 0 Å². The molecule has 3 N–H and O–H groups in total. The molecule has 0 aliphatic carbocycles. The van der Waals surface area contributed by atoms with Gasteiger partial charge >= 0.3 is 0 Å². The summed E-state index contributed by atoms with van der Waals surface area (Å²) in [6.45, 7) is 0. The van der Waals surface area contributed by atoms with Gasteiger partial charge in [0.15, 0.2) is 5.11 Å². The highest BCUT2D eigenvalue weighted by molar-refractivity contribution is 7.80. The van der Waals surface area contributed by atoms with Gasteiger partial charge in [-0.05, 0) is 48.6 Å². The summed E-state index contributed by atoms with van der Waals surface area (Å²) in [6, 6.07) is 16.1. The zero-order valence-electron chi connectivity index (χ0n) is 9.84. The molecule has 0 atom stereocenters. The first-order valence-corrected chi connectivity index (χ1v) is 6.07. The molecule has 0 bridgehead atoms. The smallest absolute Gasteiger partial charge is 0.175 e. The van der Waals surface area contributed by atoms with Gasteiger partial charge in [-0.1, -0.05) is 17.3 Å². The van der Waals surface area contributed by atoms with Crippen LogP contribution in [0.15, 0.2) is 42.5 Å². The first kappa shape index (κ1) is 11.6. The number of benzene rings is 2. The third-order valence-corrected chi connectivity index (χ3v) is 2.76. The molecule has 0 saturated carbocycles. The molecule has 0 fully saturated rings. The molecule has 1 aromatic heterocycles. The molecule has 0 amide bonds. The zero-order chi connectivity index (χ0) is 13.1. The molecule has 1 heterocycles. The van der Waals surface area contributed by atoms with Gasteiger partial charge in [-0.2, -0.15) is 0 Å². The van der Waals surface area contributed by atoms with E-state index in [-0.39, 0.29) is 0 Å². The highest BCUT2D eigenvalue weighted by Gasteiger charge is 2.01. The van der Waals surface area contributed by atoms with E-state index in [9.17, 15) is 0 Å². The van der Waals surface area contributed by atoms with Crippen LogP contribution in [0.5, 0.6) is 0 Å². The van der Waals surface area contributed by atoms with Crippen molar-refractivity contribution < 1.29 is 0 Å². The largest absolute Gasteiger partial charge is 0.332 e. The summed E-state index contributed by atoms with van der Waals surface area (Å²) in [5, 5.41) is 17.2. The van der Waals surface area contributed by atoms with Crippen molar-refractivity contribution in [3.63, 3.8) is 0 Å². The van der Waals surface area contributed by atoms with Crippen molar-refractivity contribution in [3.8, 4) is 0 Å². The number of H-pyrrole nitrogens is 1. The van der Waals surface area contributed by atoms with Gasteiger partial charge in [0, 0.05) is 11.4 Å². The molecule has 5 nitrogen and oxygen atoms in total. The van der Waals surface area contributed by atoms with Crippen molar-refractivity contribution in [1.82, 2.24) is 15.4 Å². The highest BCUT2D eigenvalue weighted by atomic mass is 32.1. The van der Waals surface area contributed by atoms with Crippen LogP contribution < -0.4 is 10.6 Å². The molecule has 3 rings (SSSR count). The Morgan fingerprint density at radius 1 is 1.11 bits per heavy atom. The molecular weight excluding hydrogens is 258 g/mol. The highest BCUT2D eigenvalue weighted by Crippen LogP contribution is 2.15. The molecule has 0 unspecified atom stereocenters. The summed E-state index contributed by atoms with van der Waals surface area (Å²) in [4.78, 5) is 0. The number of hydrogen-bond acceptors (Lipinski definition) is 3. The average molecular weight is 268 g/mol. The molecule has 0 spiro atoms. The molecule has 93 valence electrons. The Kier molecular flexibility index (Phi) is 3.07. The minimum Gasteiger partial charge on any atom is -0.332 e. The minimum absolute atomic E-state index is 0.522. The lowest BCUT2D eigenvalue weighted by Crippen LogP contribution is -2.18. The monoisotopic (exact) mass is 268 g/mol. The number of thiocarbonyl (C=S) groups is 1. The van der Waals surface area contributed by atoms with Gasteiger partial charge < -0.3 is 10.6 Å². The van der Waals surface area contributed by atoms with Gasteiger partial charge in [-0.25, -0.2) is 0 Å². The molecule has 19 heavy (non-hydrogen) atoms. The fraction of sp³-hybridized carbons (Fsp3) is 0. The van der Waals surface area contributed by atoms with Crippen molar-refractivity contribution in [1.29, 1.82) is 0 Å². The number of anilines is 2. The van der Waals surface area contributed by atoms with Crippen LogP contribution in [0.2, 0.25) is 0 Å². The maximum absolute atomic E-state index is 5.24. The Hall–Kier alpha value is -2.47. The maximum atomic E-state index is 5.24. The summed E-state index contributed by atoms with van der Waals surface area (Å²) in [6.07, 6.45) is 0. The van der Waals surface area contributed by atoms with Crippen LogP contribution in [-0.4, -0.2) is 20.5 Å². The summed E-state index contributed by atoms with van der Waals surface area (Å²) in [5.41, 5.74) is 3.46. The zero-order valence-corrected chi connectivity index (χ0v) is 10.7. The lowest BCUT2D eigenvalue weighted by molar-refractivity contribution is 0.959. The van der Waals surface area contributed by atoms with Crippen LogP contribution in [0.25, 0.3) is 11.0 Å². The Balaban J connectivity index is 1.72. The van der Waals surface area contributed by atoms with Crippen LogP contribution in [0.3, 0.4) is 0 Å². The van der Waals surface area contributed by atoms with E-state index in [4.69, 9.17) is 12.2 Å². The van der Waals surface area contributed by atoms with E-state index in [2.05, 4.69) is 32.1 Å². The Bertz CT molecular complexity index is 707. The third-order valence-electron chi connectivity index (χ3n) is 2.56. The second-order valence-corrected chi connectivity index (χ2v) is 4.32. The quantitative estimate of drug-likeness (QED) is 0.623. The predicted molar refractivity (Wildman–Crippen MR) is 79.0 cm³/mol. The van der Waals surface area contributed by atoms with E-state index in [0.29, 0.717) is 5.11 Å². The number of hydrogen-bond donors (Lipinski definition) is 3. The second kappa shape index (κ2) is 5.03. The minimum atomic E-state index is 0.522. The summed E-state index contributed by atoms with van der Waals surface area (Å²) >= 11 is 5.24. The van der Waals surface area contributed by atoms with Gasteiger partial charge in [0.1, 0.15) is 5.52 Å². The summed E-state index contributed by atoms with van der Waals surface area (Å²) in [7, 11) is 0. The number of aromatic amines is 1. The van der Waals surface area contributed by atoms with Crippen molar-refractivity contribution in [3.05, 3.63) is 48.5 Å². The van der Waals surface area contributed by atoms with Crippen LogP contribution in [0, 0.1) is 6.07 Å². The number of nitrogens with one attached hydrogen (secondary N) is 3. The SMILES string of the molecule is S=C(Nc1cc[c]cc1)Nc1ccc2[nH]nnc2c1. The standard InChI is InChI=1S/C13H10N5S/c19-13(14-9-4-2-1-3-5-9)15-10-6-7-11-12(8-10)17-18-16-11/h2-8H,(H2,14,15,19)(H,16,17,18). The molecule has 1 radical (unpaired) electrons. The van der Waals surface area contributed by atoms with Crippen molar-refractivity contribution in [2.75, 3.05) is 10.6 Å². The van der Waals surface area contributed by atoms with Gasteiger partial charge in [-0.3, -0.25) is 5.10 Å². The molecule has 2 aromatic carbocycles. The van der Waals surface area contributed by atoms with E-state index < -0.39 is 0 Å². The Morgan fingerprint density at radius 2 is 1.89 bits per heavy atom.